The van der Waals surface area contributed by atoms with Crippen molar-refractivity contribution in [2.24, 2.45) is 0 Å². The number of fused-ring (bicyclic) bond motifs is 1. The van der Waals surface area contributed by atoms with Gasteiger partial charge in [-0.3, -0.25) is 4.79 Å². The van der Waals surface area contributed by atoms with Gasteiger partial charge in [-0.1, -0.05) is 53.5 Å². The number of halogens is 2. The van der Waals surface area contributed by atoms with Gasteiger partial charge in [0.1, 0.15) is 6.54 Å². The van der Waals surface area contributed by atoms with E-state index >= 15 is 0 Å². The molecule has 1 aromatic heterocycles. The van der Waals surface area contributed by atoms with Gasteiger partial charge in [0.2, 0.25) is 15.7 Å². The Kier molecular flexibility index (Phi) is 5.56. The summed E-state index contributed by atoms with van der Waals surface area (Å²) in [6, 6.07) is 20.0. The van der Waals surface area contributed by atoms with Crippen LogP contribution in [0.4, 0.5) is 5.69 Å². The summed E-state index contributed by atoms with van der Waals surface area (Å²) in [4.78, 5) is 12.9. The summed E-state index contributed by atoms with van der Waals surface area (Å²) in [6.07, 6.45) is 1.49. The molecule has 0 saturated carbocycles. The maximum Gasteiger partial charge on any atom is 0.244 e. The first-order chi connectivity index (χ1) is 14.4. The zero-order valence-corrected chi connectivity index (χ0v) is 17.9. The van der Waals surface area contributed by atoms with Gasteiger partial charge in [0.25, 0.3) is 0 Å². The molecular weight excluding hydrogens is 443 g/mol. The van der Waals surface area contributed by atoms with Gasteiger partial charge in [0.15, 0.2) is 0 Å². The van der Waals surface area contributed by atoms with E-state index in [0.29, 0.717) is 26.6 Å². The fourth-order valence-corrected chi connectivity index (χ4v) is 4.99. The molecule has 1 heterocycles. The molecule has 0 spiro atoms. The highest BCUT2D eigenvalue weighted by molar-refractivity contribution is 7.91. The Morgan fingerprint density at radius 1 is 0.900 bits per heavy atom. The Morgan fingerprint density at radius 2 is 1.57 bits per heavy atom. The van der Waals surface area contributed by atoms with Crippen molar-refractivity contribution in [2.45, 2.75) is 16.3 Å². The van der Waals surface area contributed by atoms with Gasteiger partial charge in [0, 0.05) is 22.1 Å². The van der Waals surface area contributed by atoms with Gasteiger partial charge in [-0.15, -0.1) is 0 Å². The van der Waals surface area contributed by atoms with Crippen LogP contribution in [0.3, 0.4) is 0 Å². The Balaban J connectivity index is 1.71. The Morgan fingerprint density at radius 3 is 2.30 bits per heavy atom. The lowest BCUT2D eigenvalue weighted by molar-refractivity contribution is -0.116. The zero-order valence-electron chi connectivity index (χ0n) is 15.5. The molecule has 4 aromatic rings. The molecule has 0 aliphatic carbocycles. The number of amides is 1. The molecule has 152 valence electrons. The summed E-state index contributed by atoms with van der Waals surface area (Å²) in [5.41, 5.74) is 1.13. The van der Waals surface area contributed by atoms with E-state index in [2.05, 4.69) is 5.32 Å². The molecule has 1 amide bonds. The lowest BCUT2D eigenvalue weighted by atomic mass is 10.2. The predicted octanol–water partition coefficient (Wildman–Crippen LogP) is 5.42. The summed E-state index contributed by atoms with van der Waals surface area (Å²) in [7, 11) is -3.80. The van der Waals surface area contributed by atoms with Crippen LogP contribution in [0, 0.1) is 0 Å². The number of hydrogen-bond donors (Lipinski definition) is 1. The standard InChI is InChI=1S/C22H16Cl2N2O3S/c23-15-9-11-16(12-10-15)30(28,29)21-13-26(20-8-4-1-5-17(20)21)14-22(27)25-19-7-3-2-6-18(19)24/h1-13H,14H2,(H,25,27). The highest BCUT2D eigenvalue weighted by Crippen LogP contribution is 2.31. The molecule has 5 nitrogen and oxygen atoms in total. The molecule has 0 atom stereocenters. The topological polar surface area (TPSA) is 68.2 Å². The molecule has 30 heavy (non-hydrogen) atoms. The minimum absolute atomic E-state index is 0.0676. The fraction of sp³-hybridized carbons (Fsp3) is 0.0455. The molecule has 0 radical (unpaired) electrons. The molecule has 3 aromatic carbocycles. The van der Waals surface area contributed by atoms with E-state index in [0.717, 1.165) is 0 Å². The number of anilines is 1. The highest BCUT2D eigenvalue weighted by Gasteiger charge is 2.24. The number of nitrogens with one attached hydrogen (secondary N) is 1. The van der Waals surface area contributed by atoms with Gasteiger partial charge in [-0.05, 0) is 42.5 Å². The summed E-state index contributed by atoms with van der Waals surface area (Å²) < 4.78 is 28.1. The van der Waals surface area contributed by atoms with Crippen molar-refractivity contribution in [3.8, 4) is 0 Å². The molecule has 0 fully saturated rings. The predicted molar refractivity (Wildman–Crippen MR) is 119 cm³/mol. The average molecular weight is 459 g/mol. The number of benzene rings is 3. The number of hydrogen-bond acceptors (Lipinski definition) is 3. The van der Waals surface area contributed by atoms with E-state index < -0.39 is 9.84 Å². The molecule has 0 bridgehead atoms. The quantitative estimate of drug-likeness (QED) is 0.434. The third kappa shape index (κ3) is 3.94. The van der Waals surface area contributed by atoms with Crippen LogP contribution < -0.4 is 5.32 Å². The number of nitrogens with zero attached hydrogens (tertiary/aromatic N) is 1. The number of para-hydroxylation sites is 2. The first kappa shape index (κ1) is 20.5. The lowest BCUT2D eigenvalue weighted by Gasteiger charge is -2.08. The van der Waals surface area contributed by atoms with Gasteiger partial charge < -0.3 is 9.88 Å². The monoisotopic (exact) mass is 458 g/mol. The number of carbonyl (C=O) groups excluding carboxylic acids is 1. The van der Waals surface area contributed by atoms with Crippen LogP contribution in [0.15, 0.2) is 88.8 Å². The minimum Gasteiger partial charge on any atom is -0.337 e. The molecule has 0 aliphatic heterocycles. The smallest absolute Gasteiger partial charge is 0.244 e. The van der Waals surface area contributed by atoms with Crippen molar-refractivity contribution in [3.05, 3.63) is 89.0 Å². The van der Waals surface area contributed by atoms with Gasteiger partial charge in [-0.2, -0.15) is 0 Å². The van der Waals surface area contributed by atoms with Gasteiger partial charge in [0.05, 0.1) is 20.5 Å². The first-order valence-electron chi connectivity index (χ1n) is 8.99. The van der Waals surface area contributed by atoms with Crippen LogP contribution in [0.2, 0.25) is 10.0 Å². The number of sulfone groups is 1. The largest absolute Gasteiger partial charge is 0.337 e. The number of rotatable bonds is 5. The third-order valence-corrected chi connectivity index (χ3v) is 7.01. The molecule has 4 rings (SSSR count). The molecule has 8 heteroatoms. The lowest BCUT2D eigenvalue weighted by Crippen LogP contribution is -2.18. The van der Waals surface area contributed by atoms with Crippen molar-refractivity contribution in [1.82, 2.24) is 4.57 Å². The summed E-state index contributed by atoms with van der Waals surface area (Å²) >= 11 is 12.0. The SMILES string of the molecule is O=C(Cn1cc(S(=O)(=O)c2ccc(Cl)cc2)c2ccccc21)Nc1ccccc1Cl. The normalized spacial score (nSPS) is 11.5. The zero-order chi connectivity index (χ0) is 21.3. The summed E-state index contributed by atoms with van der Waals surface area (Å²) in [5.74, 6) is -0.320. The summed E-state index contributed by atoms with van der Waals surface area (Å²) in [5, 5.41) is 4.17. The van der Waals surface area contributed by atoms with Crippen molar-refractivity contribution in [2.75, 3.05) is 5.32 Å². The maximum atomic E-state index is 13.2. The van der Waals surface area contributed by atoms with Gasteiger partial charge in [-0.25, -0.2) is 8.42 Å². The van der Waals surface area contributed by atoms with Crippen LogP contribution in [0.5, 0.6) is 0 Å². The average Bonchev–Trinajstić information content (AvgIpc) is 3.09. The minimum atomic E-state index is -3.80. The Bertz CT molecular complexity index is 1350. The molecular formula is C22H16Cl2N2O3S. The van der Waals surface area contributed by atoms with E-state index in [4.69, 9.17) is 23.2 Å². The highest BCUT2D eigenvalue weighted by atomic mass is 35.5. The van der Waals surface area contributed by atoms with Crippen molar-refractivity contribution < 1.29 is 13.2 Å². The van der Waals surface area contributed by atoms with E-state index in [1.807, 2.05) is 0 Å². The van der Waals surface area contributed by atoms with Crippen molar-refractivity contribution >= 4 is 55.5 Å². The van der Waals surface area contributed by atoms with E-state index in [-0.39, 0.29) is 22.2 Å². The third-order valence-electron chi connectivity index (χ3n) is 4.63. The van der Waals surface area contributed by atoms with Crippen LogP contribution in [-0.4, -0.2) is 18.9 Å². The summed E-state index contributed by atoms with van der Waals surface area (Å²) in [6.45, 7) is -0.0676. The molecule has 0 aliphatic rings. The Hall–Kier alpha value is -2.80. The van der Waals surface area contributed by atoms with E-state index in [1.165, 1.54) is 30.5 Å². The van der Waals surface area contributed by atoms with Crippen molar-refractivity contribution in [3.63, 3.8) is 0 Å². The number of carbonyl (C=O) groups is 1. The molecule has 0 unspecified atom stereocenters. The van der Waals surface area contributed by atoms with Crippen LogP contribution >= 0.6 is 23.2 Å². The second-order valence-corrected chi connectivity index (χ2v) is 9.39. The molecule has 1 N–H and O–H groups in total. The second-order valence-electron chi connectivity index (χ2n) is 6.62. The maximum absolute atomic E-state index is 13.2. The van der Waals surface area contributed by atoms with Crippen LogP contribution in [0.1, 0.15) is 0 Å². The second kappa shape index (κ2) is 8.14. The van der Waals surface area contributed by atoms with E-state index in [1.54, 1.807) is 53.1 Å². The van der Waals surface area contributed by atoms with Crippen LogP contribution in [-0.2, 0) is 21.2 Å². The fourth-order valence-electron chi connectivity index (χ4n) is 3.21. The number of aromatic nitrogens is 1. The Labute approximate surface area is 183 Å². The first-order valence-corrected chi connectivity index (χ1v) is 11.2. The van der Waals surface area contributed by atoms with Crippen LogP contribution in [0.25, 0.3) is 10.9 Å². The van der Waals surface area contributed by atoms with E-state index in [9.17, 15) is 13.2 Å². The van der Waals surface area contributed by atoms with Crippen molar-refractivity contribution in [1.29, 1.82) is 0 Å². The van der Waals surface area contributed by atoms with Gasteiger partial charge >= 0.3 is 0 Å². The molecule has 0 saturated heterocycles.